The van der Waals surface area contributed by atoms with Crippen molar-refractivity contribution in [1.82, 2.24) is 0 Å². The summed E-state index contributed by atoms with van der Waals surface area (Å²) in [7, 11) is 0. The first kappa shape index (κ1) is 14.1. The van der Waals surface area contributed by atoms with Gasteiger partial charge in [0.25, 0.3) is 0 Å². The lowest BCUT2D eigenvalue weighted by molar-refractivity contribution is -0.152. The Kier molecular flexibility index (Phi) is 4.41. The largest absolute Gasteiger partial charge is 0.341 e. The predicted octanol–water partition coefficient (Wildman–Crippen LogP) is 3.48. The lowest BCUT2D eigenvalue weighted by Crippen LogP contribution is -2.05. The van der Waals surface area contributed by atoms with E-state index in [2.05, 4.69) is 0 Å². The highest BCUT2D eigenvalue weighted by Gasteiger charge is 2.15. The molecule has 5 heteroatoms. The Balaban J connectivity index is 2.11. The molecule has 3 nitrogen and oxygen atoms in total. The van der Waals surface area contributed by atoms with E-state index >= 15 is 0 Å². The smallest absolute Gasteiger partial charge is 0.219 e. The Morgan fingerprint density at radius 2 is 1.95 bits per heavy atom. The van der Waals surface area contributed by atoms with Crippen molar-refractivity contribution in [3.05, 3.63) is 70.8 Å². The number of hydrogen-bond donors (Lipinski definition) is 0. The summed E-state index contributed by atoms with van der Waals surface area (Å²) in [5, 5.41) is 20.8. The molecule has 0 aromatic heterocycles. The minimum Gasteiger partial charge on any atom is -0.341 e. The quantitative estimate of drug-likeness (QED) is 0.801. The van der Waals surface area contributed by atoms with E-state index in [0.29, 0.717) is 0 Å². The van der Waals surface area contributed by atoms with Crippen LogP contribution in [-0.4, -0.2) is 0 Å². The van der Waals surface area contributed by atoms with Gasteiger partial charge in [0.1, 0.15) is 11.6 Å². The SMILES string of the molecule is N#Cc1ccccc1C([O])OCc1cc(F)ccc1F. The van der Waals surface area contributed by atoms with Gasteiger partial charge in [0, 0.05) is 11.1 Å². The molecule has 1 unspecified atom stereocenters. The summed E-state index contributed by atoms with van der Waals surface area (Å²) in [4.78, 5) is 0. The topological polar surface area (TPSA) is 52.9 Å². The van der Waals surface area contributed by atoms with E-state index in [1.807, 2.05) is 6.07 Å². The second-order valence-electron chi connectivity index (χ2n) is 4.08. The summed E-state index contributed by atoms with van der Waals surface area (Å²) in [5.74, 6) is -1.25. The van der Waals surface area contributed by atoms with E-state index in [9.17, 15) is 13.9 Å². The molecule has 1 atom stereocenters. The van der Waals surface area contributed by atoms with Gasteiger partial charge in [-0.2, -0.15) is 10.4 Å². The van der Waals surface area contributed by atoms with E-state index in [0.717, 1.165) is 18.2 Å². The van der Waals surface area contributed by atoms with Crippen LogP contribution >= 0.6 is 0 Å². The molecule has 0 aliphatic rings. The van der Waals surface area contributed by atoms with Crippen LogP contribution in [0.4, 0.5) is 8.78 Å². The lowest BCUT2D eigenvalue weighted by Gasteiger charge is -2.12. The predicted molar refractivity (Wildman–Crippen MR) is 65.7 cm³/mol. The highest BCUT2D eigenvalue weighted by atomic mass is 19.1. The molecule has 1 radical (unpaired) electrons. The Morgan fingerprint density at radius 3 is 2.70 bits per heavy atom. The standard InChI is InChI=1S/C15H10F2NO2/c16-12-5-6-14(17)11(7-12)9-20-15(19)13-4-2-1-3-10(13)8-18/h1-7,15H,9H2. The molecule has 0 N–H and O–H groups in total. The molecule has 0 fully saturated rings. The van der Waals surface area contributed by atoms with Crippen molar-refractivity contribution >= 4 is 0 Å². The molecule has 2 aromatic rings. The van der Waals surface area contributed by atoms with Crippen LogP contribution in [0, 0.1) is 23.0 Å². The fourth-order valence-electron chi connectivity index (χ4n) is 1.71. The molecular weight excluding hydrogens is 264 g/mol. The highest BCUT2D eigenvalue weighted by molar-refractivity contribution is 5.37. The van der Waals surface area contributed by atoms with Gasteiger partial charge >= 0.3 is 0 Å². The molecule has 0 aliphatic heterocycles. The fraction of sp³-hybridized carbons (Fsp3) is 0.133. The molecular formula is C15H10F2NO2. The average molecular weight is 274 g/mol. The minimum atomic E-state index is -1.63. The van der Waals surface area contributed by atoms with Gasteiger partial charge in [-0.05, 0) is 24.3 Å². The fourth-order valence-corrected chi connectivity index (χ4v) is 1.71. The summed E-state index contributed by atoms with van der Waals surface area (Å²) in [5.41, 5.74) is 0.333. The van der Waals surface area contributed by atoms with Crippen LogP contribution < -0.4 is 0 Å². The summed E-state index contributed by atoms with van der Waals surface area (Å²) in [6.07, 6.45) is -1.63. The number of ether oxygens (including phenoxy) is 1. The summed E-state index contributed by atoms with van der Waals surface area (Å²) >= 11 is 0. The number of rotatable bonds is 4. The third kappa shape index (κ3) is 3.18. The second kappa shape index (κ2) is 6.24. The molecule has 2 aromatic carbocycles. The summed E-state index contributed by atoms with van der Waals surface area (Å²) in [6, 6.07) is 11.0. The Labute approximate surface area is 114 Å². The van der Waals surface area contributed by atoms with Crippen LogP contribution in [0.2, 0.25) is 0 Å². The van der Waals surface area contributed by atoms with Crippen LogP contribution in [-0.2, 0) is 16.5 Å². The molecule has 101 valence electrons. The zero-order valence-corrected chi connectivity index (χ0v) is 10.3. The first-order valence-corrected chi connectivity index (χ1v) is 5.82. The molecule has 0 spiro atoms. The summed E-state index contributed by atoms with van der Waals surface area (Å²) in [6.45, 7) is -0.364. The van der Waals surface area contributed by atoms with E-state index < -0.39 is 17.9 Å². The van der Waals surface area contributed by atoms with Crippen molar-refractivity contribution in [2.45, 2.75) is 12.9 Å². The monoisotopic (exact) mass is 274 g/mol. The molecule has 0 heterocycles. The van der Waals surface area contributed by atoms with Crippen LogP contribution in [0.15, 0.2) is 42.5 Å². The number of halogens is 2. The molecule has 0 saturated heterocycles. The molecule has 0 bridgehead atoms. The van der Waals surface area contributed by atoms with E-state index in [-0.39, 0.29) is 23.3 Å². The zero-order chi connectivity index (χ0) is 14.5. The molecule has 0 amide bonds. The van der Waals surface area contributed by atoms with Gasteiger partial charge < -0.3 is 4.74 Å². The van der Waals surface area contributed by atoms with Gasteiger partial charge in [0.15, 0.2) is 0 Å². The maximum Gasteiger partial charge on any atom is 0.219 e. The Bertz CT molecular complexity index is 653. The first-order chi connectivity index (χ1) is 9.61. The van der Waals surface area contributed by atoms with Crippen molar-refractivity contribution in [2.75, 3.05) is 0 Å². The van der Waals surface area contributed by atoms with Crippen LogP contribution in [0.1, 0.15) is 23.0 Å². The van der Waals surface area contributed by atoms with Gasteiger partial charge in [0.05, 0.1) is 18.2 Å². The van der Waals surface area contributed by atoms with Crippen molar-refractivity contribution < 1.29 is 18.6 Å². The Morgan fingerprint density at radius 1 is 1.20 bits per heavy atom. The highest BCUT2D eigenvalue weighted by Crippen LogP contribution is 2.21. The van der Waals surface area contributed by atoms with Gasteiger partial charge in [-0.3, -0.25) is 0 Å². The number of benzene rings is 2. The number of nitrogens with zero attached hydrogens (tertiary/aromatic N) is 1. The van der Waals surface area contributed by atoms with Gasteiger partial charge in [0.2, 0.25) is 6.29 Å². The molecule has 0 saturated carbocycles. The van der Waals surface area contributed by atoms with Crippen molar-refractivity contribution in [3.63, 3.8) is 0 Å². The van der Waals surface area contributed by atoms with E-state index in [4.69, 9.17) is 10.00 Å². The Hall–Kier alpha value is -2.29. The average Bonchev–Trinajstić information content (AvgIpc) is 2.47. The lowest BCUT2D eigenvalue weighted by atomic mass is 10.1. The molecule has 20 heavy (non-hydrogen) atoms. The van der Waals surface area contributed by atoms with Gasteiger partial charge in [-0.15, -0.1) is 0 Å². The van der Waals surface area contributed by atoms with Crippen LogP contribution in [0.25, 0.3) is 0 Å². The number of hydrogen-bond acceptors (Lipinski definition) is 2. The van der Waals surface area contributed by atoms with E-state index in [1.165, 1.54) is 12.1 Å². The first-order valence-electron chi connectivity index (χ1n) is 5.82. The van der Waals surface area contributed by atoms with Crippen molar-refractivity contribution in [2.24, 2.45) is 0 Å². The molecule has 2 rings (SSSR count). The summed E-state index contributed by atoms with van der Waals surface area (Å²) < 4.78 is 31.3. The number of nitriles is 1. The van der Waals surface area contributed by atoms with Gasteiger partial charge in [-0.25, -0.2) is 8.78 Å². The third-order valence-corrected chi connectivity index (χ3v) is 2.73. The maximum absolute atomic E-state index is 13.4. The van der Waals surface area contributed by atoms with Crippen molar-refractivity contribution in [3.8, 4) is 6.07 Å². The third-order valence-electron chi connectivity index (χ3n) is 2.73. The normalized spacial score (nSPS) is 11.9. The van der Waals surface area contributed by atoms with Crippen molar-refractivity contribution in [1.29, 1.82) is 5.26 Å². The second-order valence-corrected chi connectivity index (χ2v) is 4.08. The van der Waals surface area contributed by atoms with Gasteiger partial charge in [-0.1, -0.05) is 18.2 Å². The van der Waals surface area contributed by atoms with Crippen LogP contribution in [0.3, 0.4) is 0 Å². The minimum absolute atomic E-state index is 0.0414. The molecule has 0 aliphatic carbocycles. The van der Waals surface area contributed by atoms with E-state index in [1.54, 1.807) is 12.1 Å². The zero-order valence-electron chi connectivity index (χ0n) is 10.3. The maximum atomic E-state index is 13.4. The van der Waals surface area contributed by atoms with Crippen LogP contribution in [0.5, 0.6) is 0 Å².